The van der Waals surface area contributed by atoms with Crippen molar-refractivity contribution in [3.8, 4) is 0 Å². The molecule has 0 spiro atoms. The van der Waals surface area contributed by atoms with Gasteiger partial charge < -0.3 is 5.32 Å². The number of sulfonamides is 1. The lowest BCUT2D eigenvalue weighted by Gasteiger charge is -2.22. The molecule has 0 aromatic heterocycles. The van der Waals surface area contributed by atoms with Crippen LogP contribution in [0.5, 0.6) is 0 Å². The van der Waals surface area contributed by atoms with Gasteiger partial charge in [0.05, 0.1) is 11.9 Å². The summed E-state index contributed by atoms with van der Waals surface area (Å²) in [4.78, 5) is 11.9. The lowest BCUT2D eigenvalue weighted by atomic mass is 10.2. The minimum atomic E-state index is -3.73. The second-order valence-electron chi connectivity index (χ2n) is 5.21. The van der Waals surface area contributed by atoms with Crippen LogP contribution in [-0.4, -0.2) is 27.1 Å². The average molecular weight is 372 g/mol. The van der Waals surface area contributed by atoms with E-state index in [1.165, 1.54) is 12.1 Å². The first-order valence-electron chi connectivity index (χ1n) is 7.15. The second-order valence-corrected chi connectivity index (χ2v) is 7.11. The Morgan fingerprint density at radius 2 is 1.60 bits per heavy atom. The van der Waals surface area contributed by atoms with Crippen molar-refractivity contribution >= 4 is 27.3 Å². The van der Waals surface area contributed by atoms with E-state index in [1.54, 1.807) is 0 Å². The van der Waals surface area contributed by atoms with Crippen LogP contribution in [0.4, 0.5) is 24.5 Å². The van der Waals surface area contributed by atoms with Crippen molar-refractivity contribution < 1.29 is 26.4 Å². The van der Waals surface area contributed by atoms with Gasteiger partial charge in [-0.25, -0.2) is 21.6 Å². The number of hydrogen-bond acceptors (Lipinski definition) is 3. The summed E-state index contributed by atoms with van der Waals surface area (Å²) in [6, 6.07) is 7.81. The highest BCUT2D eigenvalue weighted by Gasteiger charge is 2.19. The second kappa shape index (κ2) is 7.56. The molecule has 2 aromatic rings. The number of carbonyl (C=O) groups is 1. The Labute approximate surface area is 143 Å². The fourth-order valence-electron chi connectivity index (χ4n) is 2.12. The third-order valence-corrected chi connectivity index (χ3v) is 4.48. The summed E-state index contributed by atoms with van der Waals surface area (Å²) < 4.78 is 64.6. The molecule has 0 aliphatic heterocycles. The van der Waals surface area contributed by atoms with Gasteiger partial charge in [-0.1, -0.05) is 6.07 Å². The molecule has 0 heterocycles. The van der Waals surface area contributed by atoms with E-state index in [9.17, 15) is 26.4 Å². The molecule has 134 valence electrons. The van der Waals surface area contributed by atoms with E-state index in [0.717, 1.165) is 40.9 Å². The Morgan fingerprint density at radius 3 is 2.12 bits per heavy atom. The van der Waals surface area contributed by atoms with Crippen molar-refractivity contribution in [3.05, 3.63) is 59.9 Å². The maximum atomic E-state index is 13.5. The summed E-state index contributed by atoms with van der Waals surface area (Å²) in [7, 11) is -3.73. The zero-order valence-corrected chi connectivity index (χ0v) is 14.0. The van der Waals surface area contributed by atoms with Gasteiger partial charge in [-0.3, -0.25) is 9.10 Å². The van der Waals surface area contributed by atoms with E-state index < -0.39 is 39.1 Å². The van der Waals surface area contributed by atoms with Crippen LogP contribution in [0.1, 0.15) is 6.42 Å². The van der Waals surface area contributed by atoms with Crippen LogP contribution in [0.2, 0.25) is 0 Å². The molecular weight excluding hydrogens is 357 g/mol. The molecule has 1 amide bonds. The molecule has 5 nitrogen and oxygen atoms in total. The third-order valence-electron chi connectivity index (χ3n) is 3.28. The first kappa shape index (κ1) is 18.8. The Morgan fingerprint density at radius 1 is 1.04 bits per heavy atom. The van der Waals surface area contributed by atoms with Gasteiger partial charge in [0.15, 0.2) is 0 Å². The number of amides is 1. The average Bonchev–Trinajstić information content (AvgIpc) is 2.52. The number of halogens is 3. The Hall–Kier alpha value is -2.55. The van der Waals surface area contributed by atoms with E-state index in [-0.39, 0.29) is 18.7 Å². The molecule has 2 rings (SSSR count). The summed E-state index contributed by atoms with van der Waals surface area (Å²) in [5.74, 6) is -3.18. The highest BCUT2D eigenvalue weighted by atomic mass is 32.2. The van der Waals surface area contributed by atoms with Crippen molar-refractivity contribution in [3.63, 3.8) is 0 Å². The highest BCUT2D eigenvalue weighted by molar-refractivity contribution is 7.92. The van der Waals surface area contributed by atoms with Crippen LogP contribution in [0, 0.1) is 17.5 Å². The summed E-state index contributed by atoms with van der Waals surface area (Å²) >= 11 is 0. The maximum absolute atomic E-state index is 13.5. The molecule has 2 aromatic carbocycles. The number of carbonyl (C=O) groups excluding carboxylic acids is 1. The predicted octanol–water partition coefficient (Wildman–Crippen LogP) is 2.90. The number of para-hydroxylation sites is 1. The lowest BCUT2D eigenvalue weighted by Crippen LogP contribution is -2.33. The molecule has 0 atom stereocenters. The van der Waals surface area contributed by atoms with Crippen LogP contribution in [0.3, 0.4) is 0 Å². The van der Waals surface area contributed by atoms with E-state index in [2.05, 4.69) is 5.32 Å². The minimum absolute atomic E-state index is 0.175. The molecule has 0 aliphatic carbocycles. The third kappa shape index (κ3) is 4.96. The Kier molecular flexibility index (Phi) is 5.68. The molecule has 25 heavy (non-hydrogen) atoms. The van der Waals surface area contributed by atoms with Gasteiger partial charge in [0.2, 0.25) is 15.9 Å². The van der Waals surface area contributed by atoms with Gasteiger partial charge in [-0.2, -0.15) is 0 Å². The van der Waals surface area contributed by atoms with Gasteiger partial charge in [-0.15, -0.1) is 0 Å². The van der Waals surface area contributed by atoms with Crippen molar-refractivity contribution in [2.24, 2.45) is 0 Å². The van der Waals surface area contributed by atoms with Crippen LogP contribution in [0.25, 0.3) is 0 Å². The van der Waals surface area contributed by atoms with Crippen molar-refractivity contribution in [2.75, 3.05) is 22.4 Å². The van der Waals surface area contributed by atoms with Gasteiger partial charge in [0, 0.05) is 13.0 Å². The first-order valence-corrected chi connectivity index (χ1v) is 9.00. The van der Waals surface area contributed by atoms with Gasteiger partial charge >= 0.3 is 0 Å². The minimum Gasteiger partial charge on any atom is -0.321 e. The van der Waals surface area contributed by atoms with Crippen LogP contribution >= 0.6 is 0 Å². The largest absolute Gasteiger partial charge is 0.321 e. The standard InChI is InChI=1S/C16H15F3N2O3S/c1-25(23,24)21(12-7-5-11(17)6-8-12)10-9-15(22)20-16-13(18)3-2-4-14(16)19/h2-8H,9-10H2,1H3,(H,20,22). The molecule has 0 saturated carbocycles. The van der Waals surface area contributed by atoms with Gasteiger partial charge in [-0.05, 0) is 36.4 Å². The molecular formula is C16H15F3N2O3S. The van der Waals surface area contributed by atoms with Crippen molar-refractivity contribution in [1.29, 1.82) is 0 Å². The number of hydrogen-bond donors (Lipinski definition) is 1. The lowest BCUT2D eigenvalue weighted by molar-refractivity contribution is -0.116. The molecule has 0 fully saturated rings. The zero-order chi connectivity index (χ0) is 18.6. The fraction of sp³-hybridized carbons (Fsp3) is 0.188. The SMILES string of the molecule is CS(=O)(=O)N(CCC(=O)Nc1c(F)cccc1F)c1ccc(F)cc1. The summed E-state index contributed by atoms with van der Waals surface area (Å²) in [6.45, 7) is -0.271. The van der Waals surface area contributed by atoms with Crippen LogP contribution in [-0.2, 0) is 14.8 Å². The normalized spacial score (nSPS) is 11.2. The molecule has 9 heteroatoms. The topological polar surface area (TPSA) is 66.5 Å². The highest BCUT2D eigenvalue weighted by Crippen LogP contribution is 2.20. The van der Waals surface area contributed by atoms with E-state index in [4.69, 9.17) is 0 Å². The Bertz CT molecular complexity index is 850. The quantitative estimate of drug-likeness (QED) is 0.848. The molecule has 0 unspecified atom stereocenters. The van der Waals surface area contributed by atoms with Crippen LogP contribution in [0.15, 0.2) is 42.5 Å². The van der Waals surface area contributed by atoms with Crippen LogP contribution < -0.4 is 9.62 Å². The zero-order valence-electron chi connectivity index (χ0n) is 13.2. The fourth-order valence-corrected chi connectivity index (χ4v) is 3.04. The predicted molar refractivity (Wildman–Crippen MR) is 88.2 cm³/mol. The molecule has 0 radical (unpaired) electrons. The summed E-state index contributed by atoms with van der Waals surface area (Å²) in [5.41, 5.74) is -0.422. The van der Waals surface area contributed by atoms with Gasteiger partial charge in [0.1, 0.15) is 23.1 Å². The number of nitrogens with zero attached hydrogens (tertiary/aromatic N) is 1. The summed E-state index contributed by atoms with van der Waals surface area (Å²) in [5, 5.41) is 2.08. The van der Waals surface area contributed by atoms with E-state index in [1.807, 2.05) is 0 Å². The van der Waals surface area contributed by atoms with Crippen molar-refractivity contribution in [2.45, 2.75) is 6.42 Å². The molecule has 0 bridgehead atoms. The number of rotatable bonds is 6. The first-order chi connectivity index (χ1) is 11.7. The monoisotopic (exact) mass is 372 g/mol. The number of anilines is 2. The smallest absolute Gasteiger partial charge is 0.232 e. The summed E-state index contributed by atoms with van der Waals surface area (Å²) in [6.07, 6.45) is 0.586. The Balaban J connectivity index is 2.10. The van der Waals surface area contributed by atoms with Gasteiger partial charge in [0.25, 0.3) is 0 Å². The van der Waals surface area contributed by atoms with E-state index in [0.29, 0.717) is 0 Å². The molecule has 1 N–H and O–H groups in total. The molecule has 0 aliphatic rings. The molecule has 0 saturated heterocycles. The van der Waals surface area contributed by atoms with E-state index >= 15 is 0 Å². The number of benzene rings is 2. The maximum Gasteiger partial charge on any atom is 0.232 e. The number of nitrogens with one attached hydrogen (secondary N) is 1. The van der Waals surface area contributed by atoms with Crippen molar-refractivity contribution in [1.82, 2.24) is 0 Å².